The first-order chi connectivity index (χ1) is 23.0. The topological polar surface area (TPSA) is 164 Å². The molecule has 1 aliphatic heterocycles. The zero-order valence-corrected chi connectivity index (χ0v) is 28.5. The maximum Gasteiger partial charge on any atom is 0.229 e. The summed E-state index contributed by atoms with van der Waals surface area (Å²) in [5.41, 5.74) is 3.20. The number of nitrogens with one attached hydrogen (secondary N) is 3. The number of rotatable bonds is 16. The Kier molecular flexibility index (Phi) is 12.2. The summed E-state index contributed by atoms with van der Waals surface area (Å²) in [7, 11) is 0. The van der Waals surface area contributed by atoms with Gasteiger partial charge in [-0.3, -0.25) is 10.1 Å². The molecule has 5 N–H and O–H groups in total. The number of aryl methyl sites for hydroxylation is 2. The van der Waals surface area contributed by atoms with Gasteiger partial charge < -0.3 is 30.3 Å². The van der Waals surface area contributed by atoms with Crippen molar-refractivity contribution in [2.24, 2.45) is 5.41 Å². The predicted molar refractivity (Wildman–Crippen MR) is 184 cm³/mol. The molecule has 2 aromatic heterocycles. The monoisotopic (exact) mass is 675 g/mol. The fraction of sp³-hybridized carbons (Fsp3) is 0.457. The molecule has 256 valence electrons. The second kappa shape index (κ2) is 16.5. The first kappa shape index (κ1) is 35.5. The Labute approximate surface area is 285 Å². The summed E-state index contributed by atoms with van der Waals surface area (Å²) in [5.74, 6) is -0.330. The number of hydrogen-bond donors (Lipinski definition) is 5. The number of aliphatic hydroxyl groups is 2. The number of nitrogens with zero attached hydrogens (tertiary/aromatic N) is 4. The van der Waals surface area contributed by atoms with Gasteiger partial charge in [0.05, 0.1) is 30.7 Å². The summed E-state index contributed by atoms with van der Waals surface area (Å²) in [5, 5.41) is 48.9. The third-order valence-electron chi connectivity index (χ3n) is 8.10. The second-order valence-corrected chi connectivity index (χ2v) is 14.0. The van der Waals surface area contributed by atoms with Crippen LogP contribution in [0.5, 0.6) is 0 Å². The molecule has 2 aromatic carbocycles. The molecule has 1 aliphatic rings. The number of hydrogen-bond acceptors (Lipinski definition) is 12. The SMILES string of the molecule is CC1(C)OCC(C)(C(O)NCc2cccc(CC(O)Nc3nnc(CCCCc4ccc(NC(=O)Cc5ccccc5)nn4)s3)c2)CO1. The Balaban J connectivity index is 0.989. The number of benzene rings is 2. The van der Waals surface area contributed by atoms with Gasteiger partial charge in [-0.25, -0.2) is 0 Å². The van der Waals surface area contributed by atoms with Gasteiger partial charge in [0.15, 0.2) is 11.6 Å². The van der Waals surface area contributed by atoms with E-state index in [0.717, 1.165) is 53.1 Å². The standard InChI is InChI=1S/C35H45N7O5S/c1-34(2)46-22-35(3,23-47-34)32(45)36-21-26-13-9-12-25(18-26)20-30(44)38-33-42-41-31(48-33)15-8-7-14-27-16-17-28(40-39-27)37-29(43)19-24-10-5-4-6-11-24/h4-6,9-13,16-18,30,32,36,44-45H,7-8,14-15,19-23H2,1-3H3,(H,38,42)(H,37,40,43). The molecule has 2 unspecified atom stereocenters. The minimum atomic E-state index is -0.830. The molecule has 0 spiro atoms. The van der Waals surface area contributed by atoms with Crippen LogP contribution in [0.2, 0.25) is 0 Å². The van der Waals surface area contributed by atoms with Crippen LogP contribution >= 0.6 is 11.3 Å². The third kappa shape index (κ3) is 10.8. The number of aliphatic hydroxyl groups excluding tert-OH is 2. The lowest BCUT2D eigenvalue weighted by Gasteiger charge is -2.43. The largest absolute Gasteiger partial charge is 0.378 e. The number of aromatic nitrogens is 4. The van der Waals surface area contributed by atoms with Gasteiger partial charge in [0, 0.05) is 19.4 Å². The van der Waals surface area contributed by atoms with Gasteiger partial charge in [0.2, 0.25) is 11.0 Å². The zero-order chi connectivity index (χ0) is 34.0. The van der Waals surface area contributed by atoms with Gasteiger partial charge in [-0.15, -0.1) is 15.3 Å². The highest BCUT2D eigenvalue weighted by molar-refractivity contribution is 7.15. The molecular formula is C35H45N7O5S. The van der Waals surface area contributed by atoms with E-state index in [9.17, 15) is 15.0 Å². The average molecular weight is 676 g/mol. The molecule has 2 atom stereocenters. The Bertz CT molecular complexity index is 1590. The van der Waals surface area contributed by atoms with E-state index in [4.69, 9.17) is 9.47 Å². The fourth-order valence-corrected chi connectivity index (χ4v) is 6.01. The normalized spacial score (nSPS) is 16.6. The highest BCUT2D eigenvalue weighted by Gasteiger charge is 2.41. The van der Waals surface area contributed by atoms with Crippen LogP contribution in [0.25, 0.3) is 0 Å². The van der Waals surface area contributed by atoms with Gasteiger partial charge in [0.1, 0.15) is 17.5 Å². The van der Waals surface area contributed by atoms with Crippen molar-refractivity contribution in [3.63, 3.8) is 0 Å². The lowest BCUT2D eigenvalue weighted by molar-refractivity contribution is -0.297. The Morgan fingerprint density at radius 1 is 0.875 bits per heavy atom. The first-order valence-electron chi connectivity index (χ1n) is 16.3. The number of amides is 1. The maximum atomic E-state index is 12.2. The second-order valence-electron chi connectivity index (χ2n) is 12.9. The highest BCUT2D eigenvalue weighted by Crippen LogP contribution is 2.31. The Morgan fingerprint density at radius 2 is 1.60 bits per heavy atom. The van der Waals surface area contributed by atoms with Crippen molar-refractivity contribution in [3.05, 3.63) is 94.1 Å². The number of carbonyl (C=O) groups excluding carboxylic acids is 1. The van der Waals surface area contributed by atoms with Crippen LogP contribution in [0.15, 0.2) is 66.7 Å². The van der Waals surface area contributed by atoms with E-state index in [1.807, 2.05) is 81.4 Å². The van der Waals surface area contributed by atoms with Crippen molar-refractivity contribution >= 4 is 28.2 Å². The maximum absolute atomic E-state index is 12.2. The van der Waals surface area contributed by atoms with Crippen molar-refractivity contribution in [2.75, 3.05) is 23.8 Å². The summed E-state index contributed by atoms with van der Waals surface area (Å²) in [4.78, 5) is 12.2. The molecule has 0 aliphatic carbocycles. The molecular weight excluding hydrogens is 630 g/mol. The molecule has 1 amide bonds. The van der Waals surface area contributed by atoms with Crippen LogP contribution in [-0.4, -0.2) is 68.0 Å². The van der Waals surface area contributed by atoms with Crippen molar-refractivity contribution in [1.82, 2.24) is 25.7 Å². The summed E-state index contributed by atoms with van der Waals surface area (Å²) in [6.07, 6.45) is 2.38. The minimum Gasteiger partial charge on any atom is -0.378 e. The van der Waals surface area contributed by atoms with Crippen LogP contribution in [0, 0.1) is 5.41 Å². The zero-order valence-electron chi connectivity index (χ0n) is 27.7. The Hall–Kier alpha value is -3.85. The summed E-state index contributed by atoms with van der Waals surface area (Å²) in [6, 6.07) is 21.1. The molecule has 4 aromatic rings. The van der Waals surface area contributed by atoms with Gasteiger partial charge in [0.25, 0.3) is 0 Å². The van der Waals surface area contributed by atoms with Gasteiger partial charge in [-0.2, -0.15) is 5.10 Å². The minimum absolute atomic E-state index is 0.128. The molecule has 0 radical (unpaired) electrons. The lowest BCUT2D eigenvalue weighted by Crippen LogP contribution is -2.55. The van der Waals surface area contributed by atoms with Gasteiger partial charge >= 0.3 is 0 Å². The van der Waals surface area contributed by atoms with E-state index >= 15 is 0 Å². The van der Waals surface area contributed by atoms with E-state index in [0.29, 0.717) is 37.1 Å². The molecule has 1 saturated heterocycles. The first-order valence-corrected chi connectivity index (χ1v) is 17.1. The molecule has 0 bridgehead atoms. The smallest absolute Gasteiger partial charge is 0.229 e. The number of unbranched alkanes of at least 4 members (excludes halogenated alkanes) is 1. The quantitative estimate of drug-likeness (QED) is 0.0853. The van der Waals surface area contributed by atoms with E-state index in [1.165, 1.54) is 11.3 Å². The van der Waals surface area contributed by atoms with Crippen molar-refractivity contribution in [3.8, 4) is 0 Å². The van der Waals surface area contributed by atoms with Crippen LogP contribution in [0.3, 0.4) is 0 Å². The third-order valence-corrected chi connectivity index (χ3v) is 9.02. The van der Waals surface area contributed by atoms with Gasteiger partial charge in [-0.1, -0.05) is 72.9 Å². The highest BCUT2D eigenvalue weighted by atomic mass is 32.1. The fourth-order valence-electron chi connectivity index (χ4n) is 5.19. The molecule has 0 saturated carbocycles. The molecule has 13 heteroatoms. The van der Waals surface area contributed by atoms with Crippen LogP contribution < -0.4 is 16.0 Å². The molecule has 48 heavy (non-hydrogen) atoms. The van der Waals surface area contributed by atoms with E-state index in [1.54, 1.807) is 6.07 Å². The van der Waals surface area contributed by atoms with Crippen LogP contribution in [0.1, 0.15) is 61.0 Å². The van der Waals surface area contributed by atoms with Crippen LogP contribution in [0.4, 0.5) is 10.9 Å². The van der Waals surface area contributed by atoms with Gasteiger partial charge in [-0.05, 0) is 61.9 Å². The van der Waals surface area contributed by atoms with E-state index in [-0.39, 0.29) is 12.3 Å². The summed E-state index contributed by atoms with van der Waals surface area (Å²) >= 11 is 1.43. The van der Waals surface area contributed by atoms with Crippen molar-refractivity contribution in [1.29, 1.82) is 0 Å². The number of anilines is 2. The average Bonchev–Trinajstić information content (AvgIpc) is 3.51. The number of carbonyl (C=O) groups is 1. The van der Waals surface area contributed by atoms with Crippen molar-refractivity contribution < 1.29 is 24.5 Å². The molecule has 12 nitrogen and oxygen atoms in total. The molecule has 3 heterocycles. The number of ether oxygens (including phenoxy) is 2. The molecule has 1 fully saturated rings. The molecule has 5 rings (SSSR count). The lowest BCUT2D eigenvalue weighted by atomic mass is 9.89. The predicted octanol–water partition coefficient (Wildman–Crippen LogP) is 4.24. The van der Waals surface area contributed by atoms with E-state index < -0.39 is 23.7 Å². The Morgan fingerprint density at radius 3 is 2.35 bits per heavy atom. The summed E-state index contributed by atoms with van der Waals surface area (Å²) in [6.45, 7) is 6.91. The van der Waals surface area contributed by atoms with Crippen LogP contribution in [-0.2, 0) is 46.5 Å². The summed E-state index contributed by atoms with van der Waals surface area (Å²) < 4.78 is 11.5. The van der Waals surface area contributed by atoms with Crippen molar-refractivity contribution in [2.45, 2.75) is 84.1 Å². The van der Waals surface area contributed by atoms with E-state index in [2.05, 4.69) is 36.3 Å².